The summed E-state index contributed by atoms with van der Waals surface area (Å²) < 4.78 is 0. The van der Waals surface area contributed by atoms with E-state index in [1.54, 1.807) is 7.05 Å². The van der Waals surface area contributed by atoms with Gasteiger partial charge in [-0.15, -0.1) is 0 Å². The van der Waals surface area contributed by atoms with Crippen LogP contribution in [0.4, 0.5) is 0 Å². The SMILES string of the molecule is CNC(=O)[C@H]1Cc2ccccc2CN1C(=O)C[C@H]1C[C@H]2CC[C@H]1C2. The monoisotopic (exact) mass is 326 g/mol. The number of benzene rings is 1. The molecule has 0 radical (unpaired) electrons. The number of hydrogen-bond acceptors (Lipinski definition) is 2. The molecule has 4 atom stereocenters. The molecule has 0 spiro atoms. The number of hydrogen-bond donors (Lipinski definition) is 1. The van der Waals surface area contributed by atoms with Crippen molar-refractivity contribution >= 4 is 11.8 Å². The minimum absolute atomic E-state index is 0.0502. The molecule has 1 N–H and O–H groups in total. The van der Waals surface area contributed by atoms with Crippen LogP contribution in [-0.4, -0.2) is 29.8 Å². The third-order valence-electron chi connectivity index (χ3n) is 6.44. The number of amides is 2. The van der Waals surface area contributed by atoms with Gasteiger partial charge in [-0.2, -0.15) is 0 Å². The fraction of sp³-hybridized carbons (Fsp3) is 0.600. The van der Waals surface area contributed by atoms with Gasteiger partial charge in [-0.1, -0.05) is 30.7 Å². The Morgan fingerprint density at radius 2 is 1.96 bits per heavy atom. The lowest BCUT2D eigenvalue weighted by Gasteiger charge is -2.37. The van der Waals surface area contributed by atoms with Crippen molar-refractivity contribution in [2.24, 2.45) is 17.8 Å². The van der Waals surface area contributed by atoms with Gasteiger partial charge in [-0.05, 0) is 48.1 Å². The minimum atomic E-state index is -0.365. The average Bonchev–Trinajstić information content (AvgIpc) is 3.22. The first kappa shape index (κ1) is 15.7. The van der Waals surface area contributed by atoms with Gasteiger partial charge in [0.25, 0.3) is 0 Å². The second-order valence-electron chi connectivity index (χ2n) is 7.76. The van der Waals surface area contributed by atoms with E-state index in [-0.39, 0.29) is 17.9 Å². The van der Waals surface area contributed by atoms with Crippen LogP contribution in [-0.2, 0) is 22.6 Å². The van der Waals surface area contributed by atoms with Crippen LogP contribution in [0.15, 0.2) is 24.3 Å². The molecule has 4 rings (SSSR count). The molecule has 3 aliphatic rings. The van der Waals surface area contributed by atoms with Crippen molar-refractivity contribution in [1.29, 1.82) is 0 Å². The number of rotatable bonds is 3. The predicted octanol–water partition coefficient (Wildman–Crippen LogP) is 2.51. The average molecular weight is 326 g/mol. The number of nitrogens with one attached hydrogen (secondary N) is 1. The van der Waals surface area contributed by atoms with Gasteiger partial charge in [-0.3, -0.25) is 9.59 Å². The van der Waals surface area contributed by atoms with Gasteiger partial charge < -0.3 is 10.2 Å². The first-order valence-corrected chi connectivity index (χ1v) is 9.23. The second-order valence-corrected chi connectivity index (χ2v) is 7.76. The molecule has 0 unspecified atom stereocenters. The van der Waals surface area contributed by atoms with Crippen LogP contribution in [0.1, 0.15) is 43.2 Å². The molecule has 1 aromatic carbocycles. The topological polar surface area (TPSA) is 49.4 Å². The summed E-state index contributed by atoms with van der Waals surface area (Å²) >= 11 is 0. The van der Waals surface area contributed by atoms with E-state index in [4.69, 9.17) is 0 Å². The second kappa shape index (κ2) is 6.23. The third kappa shape index (κ3) is 2.72. The maximum atomic E-state index is 13.0. The van der Waals surface area contributed by atoms with E-state index in [0.29, 0.717) is 25.3 Å². The van der Waals surface area contributed by atoms with Crippen molar-refractivity contribution in [1.82, 2.24) is 10.2 Å². The highest BCUT2D eigenvalue weighted by Gasteiger charge is 2.42. The molecule has 2 fully saturated rings. The lowest BCUT2D eigenvalue weighted by Crippen LogP contribution is -2.52. The summed E-state index contributed by atoms with van der Waals surface area (Å²) in [6.07, 6.45) is 6.43. The Bertz CT molecular complexity index is 657. The highest BCUT2D eigenvalue weighted by molar-refractivity contribution is 5.88. The standard InChI is InChI=1S/C20H26N2O2/c1-21-20(24)18-10-14-4-2-3-5-16(14)12-22(18)19(23)11-17-9-13-6-7-15(17)8-13/h2-5,13,15,17-18H,6-12H2,1H3,(H,21,24)/t13-,15-,17+,18+/m0/s1. The van der Waals surface area contributed by atoms with E-state index in [9.17, 15) is 9.59 Å². The van der Waals surface area contributed by atoms with E-state index < -0.39 is 0 Å². The molecule has 2 saturated carbocycles. The van der Waals surface area contributed by atoms with Crippen LogP contribution >= 0.6 is 0 Å². The molecule has 0 aromatic heterocycles. The smallest absolute Gasteiger partial charge is 0.242 e. The summed E-state index contributed by atoms with van der Waals surface area (Å²) in [6, 6.07) is 7.80. The summed E-state index contributed by atoms with van der Waals surface area (Å²) in [7, 11) is 1.65. The van der Waals surface area contributed by atoms with Crippen molar-refractivity contribution in [2.75, 3.05) is 7.05 Å². The largest absolute Gasteiger partial charge is 0.357 e. The molecule has 2 amide bonds. The first-order valence-electron chi connectivity index (χ1n) is 9.23. The zero-order chi connectivity index (χ0) is 16.7. The van der Waals surface area contributed by atoms with Gasteiger partial charge >= 0.3 is 0 Å². The molecule has 128 valence electrons. The molecule has 24 heavy (non-hydrogen) atoms. The van der Waals surface area contributed by atoms with Crippen LogP contribution in [0.3, 0.4) is 0 Å². The number of carbonyl (C=O) groups excluding carboxylic acids is 2. The normalized spacial score (nSPS) is 31.0. The van der Waals surface area contributed by atoms with Crippen LogP contribution in [0.5, 0.6) is 0 Å². The van der Waals surface area contributed by atoms with Gasteiger partial charge in [-0.25, -0.2) is 0 Å². The quantitative estimate of drug-likeness (QED) is 0.928. The Labute approximate surface area is 143 Å². The zero-order valence-electron chi connectivity index (χ0n) is 14.3. The Morgan fingerprint density at radius 3 is 2.62 bits per heavy atom. The summed E-state index contributed by atoms with van der Waals surface area (Å²) in [4.78, 5) is 27.2. The summed E-state index contributed by atoms with van der Waals surface area (Å²) in [6.45, 7) is 0.563. The van der Waals surface area contributed by atoms with Gasteiger partial charge in [0.2, 0.25) is 11.8 Å². The zero-order valence-corrected chi connectivity index (χ0v) is 14.3. The molecule has 1 aromatic rings. The molecule has 0 saturated heterocycles. The third-order valence-corrected chi connectivity index (χ3v) is 6.44. The van der Waals surface area contributed by atoms with Gasteiger partial charge in [0.05, 0.1) is 0 Å². The molecule has 2 bridgehead atoms. The van der Waals surface area contributed by atoms with Crippen LogP contribution in [0.2, 0.25) is 0 Å². The Balaban J connectivity index is 1.52. The number of nitrogens with zero attached hydrogens (tertiary/aromatic N) is 1. The molecular formula is C20H26N2O2. The Morgan fingerprint density at radius 1 is 1.17 bits per heavy atom. The Kier molecular flexibility index (Phi) is 4.07. The van der Waals surface area contributed by atoms with Crippen LogP contribution < -0.4 is 5.32 Å². The number of carbonyl (C=O) groups is 2. The highest BCUT2D eigenvalue weighted by atomic mass is 16.2. The highest BCUT2D eigenvalue weighted by Crippen LogP contribution is 2.49. The van der Waals surface area contributed by atoms with Crippen LogP contribution in [0, 0.1) is 17.8 Å². The molecule has 4 heteroatoms. The lowest BCUT2D eigenvalue weighted by atomic mass is 9.85. The lowest BCUT2D eigenvalue weighted by molar-refractivity contribution is -0.142. The fourth-order valence-corrected chi connectivity index (χ4v) is 5.15. The molecule has 1 aliphatic heterocycles. The number of likely N-dealkylation sites (N-methyl/N-ethyl adjacent to an activating group) is 1. The van der Waals surface area contributed by atoms with E-state index in [0.717, 1.165) is 11.8 Å². The summed E-state index contributed by atoms with van der Waals surface area (Å²) in [5.74, 6) is 2.25. The van der Waals surface area contributed by atoms with E-state index in [1.165, 1.54) is 36.8 Å². The van der Waals surface area contributed by atoms with Crippen molar-refractivity contribution < 1.29 is 9.59 Å². The predicted molar refractivity (Wildman–Crippen MR) is 92.1 cm³/mol. The number of fused-ring (bicyclic) bond motifs is 3. The van der Waals surface area contributed by atoms with Gasteiger partial charge in [0.15, 0.2) is 0 Å². The molecule has 2 aliphatic carbocycles. The van der Waals surface area contributed by atoms with Gasteiger partial charge in [0.1, 0.15) is 6.04 Å². The van der Waals surface area contributed by atoms with Crippen LogP contribution in [0.25, 0.3) is 0 Å². The van der Waals surface area contributed by atoms with Crippen molar-refractivity contribution in [3.63, 3.8) is 0 Å². The summed E-state index contributed by atoms with van der Waals surface area (Å²) in [5, 5.41) is 2.74. The first-order chi connectivity index (χ1) is 11.7. The maximum Gasteiger partial charge on any atom is 0.242 e. The molecular weight excluding hydrogens is 300 g/mol. The van der Waals surface area contributed by atoms with Crippen molar-refractivity contribution in [3.8, 4) is 0 Å². The van der Waals surface area contributed by atoms with E-state index in [1.807, 2.05) is 17.0 Å². The van der Waals surface area contributed by atoms with Gasteiger partial charge in [0, 0.05) is 26.4 Å². The minimum Gasteiger partial charge on any atom is -0.357 e. The molecule has 4 nitrogen and oxygen atoms in total. The van der Waals surface area contributed by atoms with Crippen molar-refractivity contribution in [3.05, 3.63) is 35.4 Å². The Hall–Kier alpha value is -1.84. The summed E-state index contributed by atoms with van der Waals surface area (Å²) in [5.41, 5.74) is 2.37. The molecule has 1 heterocycles. The maximum absolute atomic E-state index is 13.0. The van der Waals surface area contributed by atoms with Crippen molar-refractivity contribution in [2.45, 2.75) is 51.1 Å². The van der Waals surface area contributed by atoms with E-state index >= 15 is 0 Å². The van der Waals surface area contributed by atoms with E-state index in [2.05, 4.69) is 17.4 Å². The fourth-order valence-electron chi connectivity index (χ4n) is 5.15.